The molecule has 0 unspecified atom stereocenters. The number of morpholine rings is 1. The Morgan fingerprint density at radius 3 is 2.38 bits per heavy atom. The molecule has 0 amide bonds. The van der Waals surface area contributed by atoms with Crippen LogP contribution in [0.5, 0.6) is 0 Å². The van der Waals surface area contributed by atoms with E-state index in [4.69, 9.17) is 9.88 Å². The number of ether oxygens (including phenoxy) is 1. The van der Waals surface area contributed by atoms with Crippen molar-refractivity contribution in [1.82, 2.24) is 4.90 Å². The summed E-state index contributed by atoms with van der Waals surface area (Å²) >= 11 is 1.43. The lowest BCUT2D eigenvalue weighted by molar-refractivity contribution is 0.0381. The van der Waals surface area contributed by atoms with Gasteiger partial charge in [0.05, 0.1) is 13.2 Å². The zero-order valence-corrected chi connectivity index (χ0v) is 8.61. The first kappa shape index (κ1) is 15.6. The maximum atomic E-state index is 5.32. The van der Waals surface area contributed by atoms with Gasteiger partial charge < -0.3 is 15.7 Å². The molecule has 1 aliphatic rings. The third-order valence-electron chi connectivity index (χ3n) is 1.84. The summed E-state index contributed by atoms with van der Waals surface area (Å²) in [6.45, 7) is 5.16. The summed E-state index contributed by atoms with van der Waals surface area (Å²) in [6.07, 6.45) is 1.20. The summed E-state index contributed by atoms with van der Waals surface area (Å²) in [5.74, 6) is 1.07. The predicted octanol–water partition coefficient (Wildman–Crippen LogP) is -1.33. The van der Waals surface area contributed by atoms with Gasteiger partial charge in [-0.3, -0.25) is 10.0 Å². The quantitative estimate of drug-likeness (QED) is 0.460. The second kappa shape index (κ2) is 10.2. The highest BCUT2D eigenvalue weighted by molar-refractivity contribution is 7.97. The van der Waals surface area contributed by atoms with E-state index in [2.05, 4.69) is 4.90 Å². The van der Waals surface area contributed by atoms with Crippen molar-refractivity contribution in [3.8, 4) is 0 Å². The van der Waals surface area contributed by atoms with Crippen molar-refractivity contribution in [2.45, 2.75) is 6.42 Å². The van der Waals surface area contributed by atoms with Gasteiger partial charge in [-0.2, -0.15) is 0 Å². The fraction of sp³-hybridized carbons (Fsp3) is 1.00. The number of rotatable bonds is 4. The van der Waals surface area contributed by atoms with Gasteiger partial charge >= 0.3 is 0 Å². The molecule has 0 spiro atoms. The van der Waals surface area contributed by atoms with E-state index in [9.17, 15) is 0 Å². The number of hydrogen-bond donors (Lipinski definition) is 1. The standard InChI is InChI=1S/C7H16N2OS.2H2O/c8-11-7-1-2-9-3-5-10-6-4-9;;/h1-8H2;2*1H2. The average Bonchev–Trinajstić information content (AvgIpc) is 2.07. The molecule has 1 saturated heterocycles. The van der Waals surface area contributed by atoms with Crippen LogP contribution in [0.1, 0.15) is 6.42 Å². The first-order valence-corrected chi connectivity index (χ1v) is 5.10. The monoisotopic (exact) mass is 212 g/mol. The highest BCUT2D eigenvalue weighted by Gasteiger charge is 2.08. The molecule has 1 fully saturated rings. The van der Waals surface area contributed by atoms with Crippen LogP contribution in [0.2, 0.25) is 0 Å². The van der Waals surface area contributed by atoms with Gasteiger partial charge in [0, 0.05) is 18.8 Å². The van der Waals surface area contributed by atoms with Gasteiger partial charge in [-0.1, -0.05) is 11.9 Å². The highest BCUT2D eigenvalue weighted by atomic mass is 32.2. The van der Waals surface area contributed by atoms with E-state index in [1.807, 2.05) is 0 Å². The van der Waals surface area contributed by atoms with Crippen LogP contribution < -0.4 is 5.14 Å². The Labute approximate surface area is 83.4 Å². The van der Waals surface area contributed by atoms with Crippen LogP contribution in [-0.2, 0) is 4.74 Å². The summed E-state index contributed by atoms with van der Waals surface area (Å²) in [4.78, 5) is 2.43. The highest BCUT2D eigenvalue weighted by Crippen LogP contribution is 1.99. The Kier molecular flexibility index (Phi) is 12.3. The number of nitrogens with zero attached hydrogens (tertiary/aromatic N) is 1. The van der Waals surface area contributed by atoms with Gasteiger partial charge in [0.1, 0.15) is 0 Å². The summed E-state index contributed by atoms with van der Waals surface area (Å²) in [5.41, 5.74) is 0. The summed E-state index contributed by atoms with van der Waals surface area (Å²) < 4.78 is 5.23. The largest absolute Gasteiger partial charge is 0.412 e. The molecule has 1 aliphatic heterocycles. The maximum Gasteiger partial charge on any atom is 0.0594 e. The van der Waals surface area contributed by atoms with Crippen LogP contribution >= 0.6 is 11.9 Å². The van der Waals surface area contributed by atoms with Crippen molar-refractivity contribution >= 4 is 11.9 Å². The van der Waals surface area contributed by atoms with Crippen molar-refractivity contribution in [3.63, 3.8) is 0 Å². The molecular weight excluding hydrogens is 192 g/mol. The average molecular weight is 212 g/mol. The Balaban J connectivity index is 0. The lowest BCUT2D eigenvalue weighted by atomic mass is 10.4. The lowest BCUT2D eigenvalue weighted by Crippen LogP contribution is -2.37. The number of hydrogen-bond acceptors (Lipinski definition) is 4. The molecule has 13 heavy (non-hydrogen) atoms. The van der Waals surface area contributed by atoms with E-state index < -0.39 is 0 Å². The van der Waals surface area contributed by atoms with Crippen molar-refractivity contribution < 1.29 is 15.7 Å². The Bertz CT molecular complexity index is 102. The van der Waals surface area contributed by atoms with E-state index in [0.717, 1.165) is 32.1 Å². The normalized spacial score (nSPS) is 17.3. The zero-order valence-electron chi connectivity index (χ0n) is 7.79. The van der Waals surface area contributed by atoms with Crippen LogP contribution in [0.3, 0.4) is 0 Å². The topological polar surface area (TPSA) is 101 Å². The minimum Gasteiger partial charge on any atom is -0.412 e. The molecule has 6 N–H and O–H groups in total. The third kappa shape index (κ3) is 7.24. The van der Waals surface area contributed by atoms with Crippen molar-refractivity contribution in [2.75, 3.05) is 38.6 Å². The fourth-order valence-corrected chi connectivity index (χ4v) is 1.49. The van der Waals surface area contributed by atoms with E-state index >= 15 is 0 Å². The van der Waals surface area contributed by atoms with E-state index in [-0.39, 0.29) is 11.0 Å². The van der Waals surface area contributed by atoms with Crippen molar-refractivity contribution in [1.29, 1.82) is 0 Å². The van der Waals surface area contributed by atoms with E-state index in [1.54, 1.807) is 0 Å². The number of nitrogens with two attached hydrogens (primary N) is 1. The molecule has 0 bridgehead atoms. The maximum absolute atomic E-state index is 5.32. The van der Waals surface area contributed by atoms with E-state index in [1.165, 1.54) is 24.9 Å². The van der Waals surface area contributed by atoms with Gasteiger partial charge in [0.25, 0.3) is 0 Å². The fourth-order valence-electron chi connectivity index (χ4n) is 1.20. The van der Waals surface area contributed by atoms with E-state index in [0.29, 0.717) is 0 Å². The smallest absolute Gasteiger partial charge is 0.0594 e. The molecule has 82 valence electrons. The first-order valence-electron chi connectivity index (χ1n) is 4.05. The SMILES string of the molecule is NSCCCN1CCOCC1.O.O. The van der Waals surface area contributed by atoms with Crippen LogP contribution in [0.25, 0.3) is 0 Å². The lowest BCUT2D eigenvalue weighted by Gasteiger charge is -2.26. The molecular formula is C7H20N2O3S. The van der Waals surface area contributed by atoms with Gasteiger partial charge in [0.2, 0.25) is 0 Å². The molecule has 0 aromatic carbocycles. The molecule has 0 saturated carbocycles. The second-order valence-corrected chi connectivity index (χ2v) is 3.42. The Morgan fingerprint density at radius 1 is 1.23 bits per heavy atom. The Hall–Kier alpha value is 0.150. The van der Waals surface area contributed by atoms with Gasteiger partial charge in [-0.25, -0.2) is 0 Å². The van der Waals surface area contributed by atoms with Gasteiger partial charge in [-0.05, 0) is 13.0 Å². The van der Waals surface area contributed by atoms with Crippen molar-refractivity contribution in [2.24, 2.45) is 5.14 Å². The molecule has 0 atom stereocenters. The summed E-state index contributed by atoms with van der Waals surface area (Å²) in [5, 5.41) is 5.32. The molecule has 1 rings (SSSR count). The predicted molar refractivity (Wildman–Crippen MR) is 55.7 cm³/mol. The minimum atomic E-state index is 0. The summed E-state index contributed by atoms with van der Waals surface area (Å²) in [6, 6.07) is 0. The van der Waals surface area contributed by atoms with Crippen LogP contribution in [0, 0.1) is 0 Å². The van der Waals surface area contributed by atoms with Crippen molar-refractivity contribution in [3.05, 3.63) is 0 Å². The molecule has 0 aliphatic carbocycles. The molecule has 0 radical (unpaired) electrons. The summed E-state index contributed by atoms with van der Waals surface area (Å²) in [7, 11) is 0. The molecule has 0 aromatic heterocycles. The molecule has 0 aromatic rings. The van der Waals surface area contributed by atoms with Crippen LogP contribution in [-0.4, -0.2) is 54.5 Å². The molecule has 5 nitrogen and oxygen atoms in total. The minimum absolute atomic E-state index is 0. The first-order chi connectivity index (χ1) is 5.43. The third-order valence-corrected chi connectivity index (χ3v) is 2.36. The molecule has 6 heteroatoms. The second-order valence-electron chi connectivity index (χ2n) is 2.68. The Morgan fingerprint density at radius 2 is 1.85 bits per heavy atom. The molecule has 1 heterocycles. The van der Waals surface area contributed by atoms with Gasteiger partial charge in [-0.15, -0.1) is 0 Å². The van der Waals surface area contributed by atoms with Gasteiger partial charge in [0.15, 0.2) is 0 Å². The van der Waals surface area contributed by atoms with Crippen LogP contribution in [0.15, 0.2) is 0 Å². The van der Waals surface area contributed by atoms with Crippen LogP contribution in [0.4, 0.5) is 0 Å². The zero-order chi connectivity index (χ0) is 7.94.